The van der Waals surface area contributed by atoms with Gasteiger partial charge in [0.05, 0.1) is 12.6 Å². The van der Waals surface area contributed by atoms with Gasteiger partial charge in [-0.1, -0.05) is 18.2 Å². The molecule has 0 saturated heterocycles. The van der Waals surface area contributed by atoms with Gasteiger partial charge in [-0.2, -0.15) is 0 Å². The van der Waals surface area contributed by atoms with E-state index in [0.29, 0.717) is 13.2 Å². The molecule has 0 amide bonds. The minimum atomic E-state index is -0.122. The van der Waals surface area contributed by atoms with Crippen molar-refractivity contribution in [1.82, 2.24) is 4.90 Å². The van der Waals surface area contributed by atoms with Crippen LogP contribution in [0.1, 0.15) is 31.0 Å². The molecule has 0 radical (unpaired) electrons. The molecule has 1 unspecified atom stereocenters. The fraction of sp³-hybridized carbons (Fsp3) is 0.625. The summed E-state index contributed by atoms with van der Waals surface area (Å²) in [5.74, 6) is 1.03. The molecule has 112 valence electrons. The summed E-state index contributed by atoms with van der Waals surface area (Å²) in [5, 5.41) is 0. The topological polar surface area (TPSA) is 47.7 Å². The average molecular weight is 278 g/mol. The number of hydrogen-bond donors (Lipinski definition) is 1. The molecular formula is C16H26N2O2. The molecule has 1 aromatic rings. The van der Waals surface area contributed by atoms with Crippen molar-refractivity contribution in [2.45, 2.75) is 31.9 Å². The Labute approximate surface area is 121 Å². The van der Waals surface area contributed by atoms with Gasteiger partial charge in [0.15, 0.2) is 0 Å². The van der Waals surface area contributed by atoms with E-state index in [-0.39, 0.29) is 11.6 Å². The molecule has 1 heterocycles. The summed E-state index contributed by atoms with van der Waals surface area (Å²) in [6.07, 6.45) is 0.954. The lowest BCUT2D eigenvalue weighted by molar-refractivity contribution is 0.125. The lowest BCUT2D eigenvalue weighted by Gasteiger charge is -2.29. The van der Waals surface area contributed by atoms with Crippen molar-refractivity contribution in [2.75, 3.05) is 33.9 Å². The lowest BCUT2D eigenvalue weighted by atomic mass is 9.97. The molecule has 0 spiro atoms. The molecule has 0 fully saturated rings. The van der Waals surface area contributed by atoms with Crippen LogP contribution in [-0.2, 0) is 11.2 Å². The van der Waals surface area contributed by atoms with E-state index in [4.69, 9.17) is 15.2 Å². The van der Waals surface area contributed by atoms with Gasteiger partial charge >= 0.3 is 0 Å². The molecule has 0 aromatic heterocycles. The van der Waals surface area contributed by atoms with Crippen molar-refractivity contribution < 1.29 is 9.47 Å². The minimum Gasteiger partial charge on any atom is -0.487 e. The molecule has 4 heteroatoms. The Hall–Kier alpha value is -1.10. The maximum absolute atomic E-state index is 6.15. The smallest absolute Gasteiger partial charge is 0.128 e. The van der Waals surface area contributed by atoms with Crippen molar-refractivity contribution in [3.8, 4) is 5.75 Å². The third-order valence-electron chi connectivity index (χ3n) is 3.88. The van der Waals surface area contributed by atoms with Crippen LogP contribution in [0.25, 0.3) is 0 Å². The lowest BCUT2D eigenvalue weighted by Crippen LogP contribution is -2.33. The van der Waals surface area contributed by atoms with Crippen LogP contribution in [0.2, 0.25) is 0 Å². The molecule has 0 saturated carbocycles. The summed E-state index contributed by atoms with van der Waals surface area (Å²) in [6.45, 7) is 6.38. The second-order valence-corrected chi connectivity index (χ2v) is 6.10. The summed E-state index contributed by atoms with van der Waals surface area (Å²) in [5.41, 5.74) is 8.35. The Bertz CT molecular complexity index is 460. The molecule has 1 aromatic carbocycles. The van der Waals surface area contributed by atoms with Gasteiger partial charge in [0.2, 0.25) is 0 Å². The first-order valence-electron chi connectivity index (χ1n) is 7.18. The van der Waals surface area contributed by atoms with E-state index in [1.165, 1.54) is 11.1 Å². The molecule has 1 aliphatic heterocycles. The Morgan fingerprint density at radius 2 is 2.20 bits per heavy atom. The molecule has 4 nitrogen and oxygen atoms in total. The van der Waals surface area contributed by atoms with Gasteiger partial charge in [0.25, 0.3) is 0 Å². The number of fused-ring (bicyclic) bond motifs is 1. The predicted molar refractivity (Wildman–Crippen MR) is 81.2 cm³/mol. The van der Waals surface area contributed by atoms with Gasteiger partial charge < -0.3 is 15.2 Å². The van der Waals surface area contributed by atoms with Gasteiger partial charge in [0.1, 0.15) is 11.4 Å². The highest BCUT2D eigenvalue weighted by atomic mass is 16.5. The van der Waals surface area contributed by atoms with Gasteiger partial charge in [-0.15, -0.1) is 0 Å². The Kier molecular flexibility index (Phi) is 4.68. The van der Waals surface area contributed by atoms with E-state index in [1.807, 2.05) is 0 Å². The standard InChI is InChI=1S/C16H26N2O2/c1-16(2)10-12-6-5-7-13(15(12)20-16)14(11-17)18(3)8-9-19-4/h5-7,14H,8-11,17H2,1-4H3. The fourth-order valence-corrected chi connectivity index (χ4v) is 2.84. The number of likely N-dealkylation sites (N-methyl/N-ethyl adjacent to an activating group) is 1. The zero-order chi connectivity index (χ0) is 14.8. The van der Waals surface area contributed by atoms with Crippen molar-refractivity contribution in [2.24, 2.45) is 5.73 Å². The average Bonchev–Trinajstić information content (AvgIpc) is 2.72. The Morgan fingerprint density at radius 3 is 2.85 bits per heavy atom. The summed E-state index contributed by atoms with van der Waals surface area (Å²) < 4.78 is 11.3. The number of hydrogen-bond acceptors (Lipinski definition) is 4. The number of para-hydroxylation sites is 1. The number of nitrogens with two attached hydrogens (primary N) is 1. The van der Waals surface area contributed by atoms with Crippen molar-refractivity contribution in [3.63, 3.8) is 0 Å². The van der Waals surface area contributed by atoms with Crippen LogP contribution in [0.5, 0.6) is 5.75 Å². The van der Waals surface area contributed by atoms with Crippen LogP contribution < -0.4 is 10.5 Å². The highest BCUT2D eigenvalue weighted by Gasteiger charge is 2.33. The van der Waals surface area contributed by atoms with E-state index < -0.39 is 0 Å². The number of rotatable bonds is 6. The van der Waals surface area contributed by atoms with E-state index in [9.17, 15) is 0 Å². The second kappa shape index (κ2) is 6.12. The number of benzene rings is 1. The third-order valence-corrected chi connectivity index (χ3v) is 3.88. The first-order valence-corrected chi connectivity index (χ1v) is 7.18. The van der Waals surface area contributed by atoms with Crippen LogP contribution >= 0.6 is 0 Å². The summed E-state index contributed by atoms with van der Waals surface area (Å²) >= 11 is 0. The van der Waals surface area contributed by atoms with Crippen molar-refractivity contribution in [3.05, 3.63) is 29.3 Å². The van der Waals surface area contributed by atoms with Gasteiger partial charge in [-0.3, -0.25) is 4.90 Å². The summed E-state index contributed by atoms with van der Waals surface area (Å²) in [4.78, 5) is 2.23. The molecule has 20 heavy (non-hydrogen) atoms. The molecule has 0 aliphatic carbocycles. The van der Waals surface area contributed by atoms with E-state index in [1.54, 1.807) is 7.11 Å². The zero-order valence-corrected chi connectivity index (χ0v) is 13.0. The number of ether oxygens (including phenoxy) is 2. The maximum atomic E-state index is 6.15. The zero-order valence-electron chi connectivity index (χ0n) is 13.0. The third kappa shape index (κ3) is 3.14. The van der Waals surface area contributed by atoms with Gasteiger partial charge in [-0.25, -0.2) is 0 Å². The van der Waals surface area contributed by atoms with Gasteiger partial charge in [-0.05, 0) is 26.5 Å². The second-order valence-electron chi connectivity index (χ2n) is 6.10. The molecule has 2 N–H and O–H groups in total. The molecule has 0 bridgehead atoms. The SMILES string of the molecule is COCCN(C)C(CN)c1cccc2c1OC(C)(C)C2. The van der Waals surface area contributed by atoms with Crippen LogP contribution in [0.4, 0.5) is 0 Å². The van der Waals surface area contributed by atoms with Crippen LogP contribution in [0.3, 0.4) is 0 Å². The molecular weight excluding hydrogens is 252 g/mol. The number of methoxy groups -OCH3 is 1. The monoisotopic (exact) mass is 278 g/mol. The van der Waals surface area contributed by atoms with Gasteiger partial charge in [0, 0.05) is 32.2 Å². The summed E-state index contributed by atoms with van der Waals surface area (Å²) in [7, 11) is 3.80. The van der Waals surface area contributed by atoms with Crippen molar-refractivity contribution >= 4 is 0 Å². The Balaban J connectivity index is 2.26. The minimum absolute atomic E-state index is 0.122. The van der Waals surface area contributed by atoms with Crippen LogP contribution in [0.15, 0.2) is 18.2 Å². The quantitative estimate of drug-likeness (QED) is 0.864. The summed E-state index contributed by atoms with van der Waals surface area (Å²) in [6, 6.07) is 6.54. The predicted octanol–water partition coefficient (Wildman–Crippen LogP) is 1.98. The molecule has 1 aliphatic rings. The normalized spacial score (nSPS) is 17.9. The molecule has 1 atom stereocenters. The van der Waals surface area contributed by atoms with E-state index in [2.05, 4.69) is 44.0 Å². The van der Waals surface area contributed by atoms with E-state index >= 15 is 0 Å². The first-order chi connectivity index (χ1) is 9.48. The molecule has 2 rings (SSSR count). The van der Waals surface area contributed by atoms with E-state index in [0.717, 1.165) is 18.7 Å². The highest BCUT2D eigenvalue weighted by molar-refractivity contribution is 5.47. The highest BCUT2D eigenvalue weighted by Crippen LogP contribution is 2.40. The fourth-order valence-electron chi connectivity index (χ4n) is 2.84. The number of nitrogens with zero attached hydrogens (tertiary/aromatic N) is 1. The largest absolute Gasteiger partial charge is 0.487 e. The van der Waals surface area contributed by atoms with Crippen LogP contribution in [0, 0.1) is 0 Å². The maximum Gasteiger partial charge on any atom is 0.128 e. The van der Waals surface area contributed by atoms with Crippen LogP contribution in [-0.4, -0.2) is 44.4 Å². The Morgan fingerprint density at radius 1 is 1.45 bits per heavy atom. The first kappa shape index (κ1) is 15.3. The van der Waals surface area contributed by atoms with Crippen molar-refractivity contribution in [1.29, 1.82) is 0 Å².